The summed E-state index contributed by atoms with van der Waals surface area (Å²) in [6.45, 7) is 3.58. The molecule has 0 spiro atoms. The highest BCUT2D eigenvalue weighted by Gasteiger charge is 2.20. The maximum absolute atomic E-state index is 12.7. The van der Waals surface area contributed by atoms with Gasteiger partial charge in [-0.1, -0.05) is 48.3 Å². The number of carbonyl (C=O) groups is 3. The van der Waals surface area contributed by atoms with E-state index in [1.165, 1.54) is 6.20 Å². The molecule has 1 heterocycles. The molecule has 0 aliphatic rings. The maximum Gasteiger partial charge on any atom is 0.243 e. The molecule has 0 aliphatic carbocycles. The van der Waals surface area contributed by atoms with Crippen LogP contribution in [0.25, 0.3) is 0 Å². The molecule has 164 valence electrons. The third-order valence-electron chi connectivity index (χ3n) is 4.38. The molecule has 1 aromatic heterocycles. The lowest BCUT2D eigenvalue weighted by atomic mass is 9.99. The van der Waals surface area contributed by atoms with E-state index in [9.17, 15) is 14.4 Å². The van der Waals surface area contributed by atoms with E-state index >= 15 is 0 Å². The van der Waals surface area contributed by atoms with E-state index in [2.05, 4.69) is 31.5 Å². The average Bonchev–Trinajstić information content (AvgIpc) is 2.70. The molecule has 30 heavy (non-hydrogen) atoms. The highest BCUT2D eigenvalue weighted by molar-refractivity contribution is 9.10. The number of halogens is 3. The molecule has 2 amide bonds. The molecule has 0 saturated heterocycles. The van der Waals surface area contributed by atoms with E-state index in [0.29, 0.717) is 11.3 Å². The maximum atomic E-state index is 12.7. The second-order valence-corrected chi connectivity index (χ2v) is 7.33. The Bertz CT molecular complexity index is 880. The molecule has 0 fully saturated rings. The molecule has 0 saturated carbocycles. The number of ketones is 1. The van der Waals surface area contributed by atoms with E-state index < -0.39 is 11.9 Å². The highest BCUT2D eigenvalue weighted by Crippen LogP contribution is 2.20. The second kappa shape index (κ2) is 13.6. The van der Waals surface area contributed by atoms with Crippen LogP contribution in [0.15, 0.2) is 47.1 Å². The largest absolute Gasteiger partial charge is 0.346 e. The van der Waals surface area contributed by atoms with Gasteiger partial charge in [0.05, 0.1) is 18.3 Å². The van der Waals surface area contributed by atoms with Gasteiger partial charge in [-0.05, 0) is 30.2 Å². The van der Waals surface area contributed by atoms with Gasteiger partial charge in [0.15, 0.2) is 0 Å². The molecule has 0 aliphatic heterocycles. The first kappa shape index (κ1) is 28.4. The van der Waals surface area contributed by atoms with E-state index in [4.69, 9.17) is 5.73 Å². The van der Waals surface area contributed by atoms with Crippen molar-refractivity contribution in [2.24, 2.45) is 11.7 Å². The fourth-order valence-corrected chi connectivity index (χ4v) is 2.78. The van der Waals surface area contributed by atoms with Crippen molar-refractivity contribution >= 4 is 73.2 Å². The average molecular weight is 609 g/mol. The molecular weight excluding hydrogens is 584 g/mol. The van der Waals surface area contributed by atoms with Crippen molar-refractivity contribution in [1.82, 2.24) is 10.3 Å². The SMILES string of the molecule is Br.Br.CC[C@H](C)[C@H](N)C(=O)NCC(=O)Nc1ccccc1C(=O)c1cc(Br)ccn1. The number of carbonyl (C=O) groups excluding carboxylic acids is 3. The smallest absolute Gasteiger partial charge is 0.243 e. The lowest BCUT2D eigenvalue weighted by Crippen LogP contribution is -2.46. The lowest BCUT2D eigenvalue weighted by molar-refractivity contribution is -0.125. The first-order valence-electron chi connectivity index (χ1n) is 8.92. The molecule has 0 unspecified atom stereocenters. The van der Waals surface area contributed by atoms with Gasteiger partial charge in [0.1, 0.15) is 5.69 Å². The number of amides is 2. The molecule has 1 aromatic carbocycles. The number of rotatable bonds is 8. The van der Waals surface area contributed by atoms with Gasteiger partial charge in [-0.25, -0.2) is 0 Å². The Morgan fingerprint density at radius 3 is 2.47 bits per heavy atom. The summed E-state index contributed by atoms with van der Waals surface area (Å²) in [7, 11) is 0. The molecule has 2 atom stereocenters. The Morgan fingerprint density at radius 2 is 1.83 bits per heavy atom. The van der Waals surface area contributed by atoms with Crippen LogP contribution in [0.3, 0.4) is 0 Å². The minimum atomic E-state index is -0.672. The summed E-state index contributed by atoms with van der Waals surface area (Å²) < 4.78 is 0.729. The summed E-state index contributed by atoms with van der Waals surface area (Å²) in [5.41, 5.74) is 6.76. The van der Waals surface area contributed by atoms with E-state index in [0.717, 1.165) is 10.9 Å². The Balaban J connectivity index is 0.00000420. The van der Waals surface area contributed by atoms with Crippen LogP contribution in [-0.4, -0.2) is 35.2 Å². The normalized spacial score (nSPS) is 11.9. The van der Waals surface area contributed by atoms with Gasteiger partial charge in [0, 0.05) is 16.2 Å². The number of aromatic nitrogens is 1. The summed E-state index contributed by atoms with van der Waals surface area (Å²) in [4.78, 5) is 41.1. The van der Waals surface area contributed by atoms with E-state index in [1.54, 1.807) is 36.4 Å². The molecule has 4 N–H and O–H groups in total. The van der Waals surface area contributed by atoms with Crippen LogP contribution in [0.4, 0.5) is 5.69 Å². The first-order chi connectivity index (χ1) is 13.3. The third-order valence-corrected chi connectivity index (χ3v) is 4.88. The Kier molecular flexibility index (Phi) is 12.9. The van der Waals surface area contributed by atoms with Crippen molar-refractivity contribution in [3.05, 3.63) is 58.3 Å². The topological polar surface area (TPSA) is 114 Å². The summed E-state index contributed by atoms with van der Waals surface area (Å²) in [6.07, 6.45) is 2.29. The van der Waals surface area contributed by atoms with Crippen LogP contribution < -0.4 is 16.4 Å². The zero-order chi connectivity index (χ0) is 20.7. The standard InChI is InChI=1S/C20H23BrN4O3.2BrH/c1-3-12(2)18(22)20(28)24-11-17(26)25-15-7-5-4-6-14(15)19(27)16-10-13(21)8-9-23-16;;/h4-10,12,18H,3,11,22H2,1-2H3,(H,24,28)(H,25,26);2*1H/t12-,18-;;/m0../s1. The van der Waals surface area contributed by atoms with Crippen LogP contribution >= 0.6 is 49.9 Å². The predicted octanol–water partition coefficient (Wildman–Crippen LogP) is 3.66. The molecule has 2 aromatic rings. The summed E-state index contributed by atoms with van der Waals surface area (Å²) >= 11 is 3.31. The molecule has 0 radical (unpaired) electrons. The molecule has 7 nitrogen and oxygen atoms in total. The zero-order valence-corrected chi connectivity index (χ0v) is 21.6. The highest BCUT2D eigenvalue weighted by atomic mass is 79.9. The van der Waals surface area contributed by atoms with Gasteiger partial charge in [0.2, 0.25) is 17.6 Å². The van der Waals surface area contributed by atoms with Gasteiger partial charge in [0.25, 0.3) is 0 Å². The number of hydrogen-bond acceptors (Lipinski definition) is 5. The molecular formula is C20H25Br3N4O3. The van der Waals surface area contributed by atoms with E-state index in [1.807, 2.05) is 13.8 Å². The fourth-order valence-electron chi connectivity index (χ4n) is 2.45. The van der Waals surface area contributed by atoms with Gasteiger partial charge in [-0.2, -0.15) is 0 Å². The van der Waals surface area contributed by atoms with Crippen molar-refractivity contribution in [1.29, 1.82) is 0 Å². The monoisotopic (exact) mass is 606 g/mol. The van der Waals surface area contributed by atoms with Crippen molar-refractivity contribution in [2.75, 3.05) is 11.9 Å². The van der Waals surface area contributed by atoms with Crippen LogP contribution in [-0.2, 0) is 9.59 Å². The number of nitrogens with two attached hydrogens (primary N) is 1. The van der Waals surface area contributed by atoms with Gasteiger partial charge in [-0.3, -0.25) is 19.4 Å². The lowest BCUT2D eigenvalue weighted by Gasteiger charge is -2.17. The molecule has 0 bridgehead atoms. The predicted molar refractivity (Wildman–Crippen MR) is 132 cm³/mol. The van der Waals surface area contributed by atoms with Crippen LogP contribution in [0.1, 0.15) is 36.3 Å². The van der Waals surface area contributed by atoms with Gasteiger partial charge >= 0.3 is 0 Å². The third kappa shape index (κ3) is 7.90. The minimum absolute atomic E-state index is 0. The van der Waals surface area contributed by atoms with Crippen LogP contribution in [0.2, 0.25) is 0 Å². The second-order valence-electron chi connectivity index (χ2n) is 6.41. The first-order valence-corrected chi connectivity index (χ1v) is 9.71. The Morgan fingerprint density at radius 1 is 1.17 bits per heavy atom. The number of nitrogens with one attached hydrogen (secondary N) is 2. The fraction of sp³-hybridized carbons (Fsp3) is 0.300. The van der Waals surface area contributed by atoms with E-state index in [-0.39, 0.29) is 63.8 Å². The van der Waals surface area contributed by atoms with Crippen molar-refractivity contribution in [3.63, 3.8) is 0 Å². The number of para-hydroxylation sites is 1. The number of hydrogen-bond donors (Lipinski definition) is 3. The Hall–Kier alpha value is -1.62. The van der Waals surface area contributed by atoms with Crippen LogP contribution in [0.5, 0.6) is 0 Å². The number of anilines is 1. The van der Waals surface area contributed by atoms with Crippen molar-refractivity contribution < 1.29 is 14.4 Å². The number of nitrogens with zero attached hydrogens (tertiary/aromatic N) is 1. The Labute approximate surface area is 205 Å². The molecule has 10 heteroatoms. The van der Waals surface area contributed by atoms with Crippen molar-refractivity contribution in [2.45, 2.75) is 26.3 Å². The summed E-state index contributed by atoms with van der Waals surface area (Å²) in [5.74, 6) is -1.14. The number of pyridine rings is 1. The summed E-state index contributed by atoms with van der Waals surface area (Å²) in [5, 5.41) is 5.18. The molecule has 2 rings (SSSR count). The zero-order valence-electron chi connectivity index (χ0n) is 16.6. The van der Waals surface area contributed by atoms with Crippen LogP contribution in [0, 0.1) is 5.92 Å². The van der Waals surface area contributed by atoms with Crippen molar-refractivity contribution in [3.8, 4) is 0 Å². The van der Waals surface area contributed by atoms with Gasteiger partial charge < -0.3 is 16.4 Å². The quantitative estimate of drug-likeness (QED) is 0.396. The minimum Gasteiger partial charge on any atom is -0.346 e. The van der Waals surface area contributed by atoms with Gasteiger partial charge in [-0.15, -0.1) is 34.0 Å². The number of benzene rings is 1. The summed E-state index contributed by atoms with van der Waals surface area (Å²) in [6, 6.07) is 9.29.